The summed E-state index contributed by atoms with van der Waals surface area (Å²) < 4.78 is 38.0. The van der Waals surface area contributed by atoms with Crippen LogP contribution in [-0.2, 0) is 4.79 Å². The number of nitrogens with one attached hydrogen (secondary N) is 1. The van der Waals surface area contributed by atoms with Crippen LogP contribution in [0.15, 0.2) is 0 Å². The molecule has 1 amide bonds. The highest BCUT2D eigenvalue weighted by atomic mass is 19.4. The van der Waals surface area contributed by atoms with Crippen LogP contribution in [0.2, 0.25) is 0 Å². The summed E-state index contributed by atoms with van der Waals surface area (Å²) in [5, 5.41) is 2.33. The van der Waals surface area contributed by atoms with Gasteiger partial charge in [0.1, 0.15) is 0 Å². The Hall–Kier alpha value is -1.18. The molecule has 1 aliphatic carbocycles. The molecular formula is C11H14F3NO. The lowest BCUT2D eigenvalue weighted by Crippen LogP contribution is -2.42. The predicted octanol–water partition coefficient (Wildman–Crippen LogP) is 2.10. The van der Waals surface area contributed by atoms with E-state index in [-0.39, 0.29) is 13.0 Å². The van der Waals surface area contributed by atoms with Crippen molar-refractivity contribution in [3.8, 4) is 12.3 Å². The number of rotatable bonds is 2. The fourth-order valence-electron chi connectivity index (χ4n) is 2.11. The third-order valence-corrected chi connectivity index (χ3v) is 2.89. The second-order valence-corrected chi connectivity index (χ2v) is 3.96. The molecule has 0 saturated heterocycles. The largest absolute Gasteiger partial charge is 0.392 e. The number of alkyl halides is 3. The third kappa shape index (κ3) is 3.16. The van der Waals surface area contributed by atoms with E-state index in [0.717, 1.165) is 0 Å². The molecule has 0 bridgehead atoms. The Bertz CT molecular complexity index is 293. The van der Waals surface area contributed by atoms with Crippen LogP contribution in [0.5, 0.6) is 0 Å². The van der Waals surface area contributed by atoms with Crippen LogP contribution in [0.3, 0.4) is 0 Å². The molecule has 2 nitrogen and oxygen atoms in total. The van der Waals surface area contributed by atoms with Gasteiger partial charge < -0.3 is 5.32 Å². The molecule has 2 atom stereocenters. The molecule has 1 N–H and O–H groups in total. The molecule has 0 heterocycles. The van der Waals surface area contributed by atoms with E-state index in [1.54, 1.807) is 0 Å². The Balaban J connectivity index is 2.67. The molecule has 1 aliphatic rings. The maximum atomic E-state index is 12.7. The Labute approximate surface area is 92.6 Å². The van der Waals surface area contributed by atoms with Gasteiger partial charge in [0, 0.05) is 5.92 Å². The summed E-state index contributed by atoms with van der Waals surface area (Å²) in [5.41, 5.74) is 0. The van der Waals surface area contributed by atoms with Crippen molar-refractivity contribution >= 4 is 5.91 Å². The van der Waals surface area contributed by atoms with Crippen LogP contribution in [0, 0.1) is 24.2 Å². The average Bonchev–Trinajstić information content (AvgIpc) is 2.24. The Morgan fingerprint density at radius 3 is 2.56 bits per heavy atom. The Kier molecular flexibility index (Phi) is 4.22. The lowest BCUT2D eigenvalue weighted by atomic mass is 9.78. The van der Waals surface area contributed by atoms with Gasteiger partial charge in [-0.05, 0) is 12.8 Å². The van der Waals surface area contributed by atoms with Crippen LogP contribution >= 0.6 is 0 Å². The maximum Gasteiger partial charge on any atom is 0.392 e. The third-order valence-electron chi connectivity index (χ3n) is 2.89. The van der Waals surface area contributed by atoms with Crippen molar-refractivity contribution in [2.45, 2.75) is 31.9 Å². The normalized spacial score (nSPS) is 25.9. The SMILES string of the molecule is C#CCNC(=O)C1CCCCC1C(F)(F)F. The van der Waals surface area contributed by atoms with Gasteiger partial charge in [-0.25, -0.2) is 0 Å². The number of halogens is 3. The van der Waals surface area contributed by atoms with Crippen LogP contribution in [0.4, 0.5) is 13.2 Å². The number of hydrogen-bond acceptors (Lipinski definition) is 1. The van der Waals surface area contributed by atoms with Crippen LogP contribution < -0.4 is 5.32 Å². The van der Waals surface area contributed by atoms with Gasteiger partial charge in [-0.2, -0.15) is 13.2 Å². The quantitative estimate of drug-likeness (QED) is 0.727. The van der Waals surface area contributed by atoms with Gasteiger partial charge >= 0.3 is 6.18 Å². The van der Waals surface area contributed by atoms with Crippen LogP contribution in [-0.4, -0.2) is 18.6 Å². The van der Waals surface area contributed by atoms with E-state index in [1.165, 1.54) is 0 Å². The molecule has 16 heavy (non-hydrogen) atoms. The average molecular weight is 233 g/mol. The summed E-state index contributed by atoms with van der Waals surface area (Å²) in [6.45, 7) is -0.0140. The lowest BCUT2D eigenvalue weighted by Gasteiger charge is -2.31. The van der Waals surface area contributed by atoms with Crippen LogP contribution in [0.25, 0.3) is 0 Å². The van der Waals surface area contributed by atoms with Gasteiger partial charge in [0.05, 0.1) is 12.5 Å². The van der Waals surface area contributed by atoms with Crippen molar-refractivity contribution in [3.63, 3.8) is 0 Å². The molecular weight excluding hydrogens is 219 g/mol. The monoisotopic (exact) mass is 233 g/mol. The molecule has 0 aromatic heterocycles. The highest BCUT2D eigenvalue weighted by Crippen LogP contribution is 2.41. The Morgan fingerprint density at radius 1 is 1.38 bits per heavy atom. The summed E-state index contributed by atoms with van der Waals surface area (Å²) in [6.07, 6.45) is 2.18. The molecule has 0 aliphatic heterocycles. The summed E-state index contributed by atoms with van der Waals surface area (Å²) in [6, 6.07) is 0. The first-order valence-electron chi connectivity index (χ1n) is 5.24. The first-order valence-corrected chi connectivity index (χ1v) is 5.24. The van der Waals surface area contributed by atoms with E-state index in [0.29, 0.717) is 19.3 Å². The van der Waals surface area contributed by atoms with E-state index in [4.69, 9.17) is 6.42 Å². The zero-order valence-electron chi connectivity index (χ0n) is 8.81. The number of carbonyl (C=O) groups excluding carboxylic acids is 1. The summed E-state index contributed by atoms with van der Waals surface area (Å²) in [7, 11) is 0. The van der Waals surface area contributed by atoms with Crippen molar-refractivity contribution in [1.29, 1.82) is 0 Å². The minimum absolute atomic E-state index is 0.0140. The molecule has 5 heteroatoms. The van der Waals surface area contributed by atoms with Gasteiger partial charge in [-0.1, -0.05) is 18.8 Å². The smallest absolute Gasteiger partial charge is 0.345 e. The molecule has 90 valence electrons. The van der Waals surface area contributed by atoms with Gasteiger partial charge in [0.2, 0.25) is 5.91 Å². The molecule has 2 unspecified atom stereocenters. The number of hydrogen-bond donors (Lipinski definition) is 1. The predicted molar refractivity (Wildman–Crippen MR) is 53.3 cm³/mol. The van der Waals surface area contributed by atoms with E-state index < -0.39 is 23.9 Å². The number of carbonyl (C=O) groups is 1. The maximum absolute atomic E-state index is 12.7. The minimum Gasteiger partial charge on any atom is -0.345 e. The van der Waals surface area contributed by atoms with Gasteiger partial charge in [-0.15, -0.1) is 6.42 Å². The first-order chi connectivity index (χ1) is 7.46. The Morgan fingerprint density at radius 2 is 2.00 bits per heavy atom. The van der Waals surface area contributed by atoms with Crippen molar-refractivity contribution < 1.29 is 18.0 Å². The topological polar surface area (TPSA) is 29.1 Å². The molecule has 0 radical (unpaired) electrons. The van der Waals surface area contributed by atoms with E-state index >= 15 is 0 Å². The first kappa shape index (κ1) is 12.9. The summed E-state index contributed by atoms with van der Waals surface area (Å²) in [4.78, 5) is 11.5. The number of terminal acetylenes is 1. The summed E-state index contributed by atoms with van der Waals surface area (Å²) in [5.74, 6) is -0.876. The van der Waals surface area contributed by atoms with Gasteiger partial charge in [-0.3, -0.25) is 4.79 Å². The van der Waals surface area contributed by atoms with E-state index in [9.17, 15) is 18.0 Å². The van der Waals surface area contributed by atoms with Crippen LogP contribution in [0.1, 0.15) is 25.7 Å². The highest BCUT2D eigenvalue weighted by Gasteiger charge is 2.47. The van der Waals surface area contributed by atoms with Crippen molar-refractivity contribution in [3.05, 3.63) is 0 Å². The highest BCUT2D eigenvalue weighted by molar-refractivity contribution is 5.79. The van der Waals surface area contributed by atoms with Crippen molar-refractivity contribution in [1.82, 2.24) is 5.32 Å². The van der Waals surface area contributed by atoms with Crippen molar-refractivity contribution in [2.75, 3.05) is 6.54 Å². The van der Waals surface area contributed by atoms with E-state index in [2.05, 4.69) is 11.2 Å². The standard InChI is InChI=1S/C11H14F3NO/c1-2-7-15-10(16)8-5-3-4-6-9(8)11(12,13)14/h1,8-9H,3-7H2,(H,15,16). The van der Waals surface area contributed by atoms with Gasteiger partial charge in [0.15, 0.2) is 0 Å². The second kappa shape index (κ2) is 5.24. The molecule has 1 fully saturated rings. The zero-order chi connectivity index (χ0) is 12.2. The van der Waals surface area contributed by atoms with Crippen molar-refractivity contribution in [2.24, 2.45) is 11.8 Å². The van der Waals surface area contributed by atoms with E-state index in [1.807, 2.05) is 0 Å². The fraction of sp³-hybridized carbons (Fsp3) is 0.727. The second-order valence-electron chi connectivity index (χ2n) is 3.96. The minimum atomic E-state index is -4.29. The molecule has 0 aromatic rings. The number of amides is 1. The zero-order valence-corrected chi connectivity index (χ0v) is 8.81. The molecule has 0 spiro atoms. The molecule has 0 aromatic carbocycles. The fourth-order valence-corrected chi connectivity index (χ4v) is 2.11. The summed E-state index contributed by atoms with van der Waals surface area (Å²) >= 11 is 0. The van der Waals surface area contributed by atoms with Gasteiger partial charge in [0.25, 0.3) is 0 Å². The molecule has 1 rings (SSSR count). The molecule has 1 saturated carbocycles. The lowest BCUT2D eigenvalue weighted by molar-refractivity contribution is -0.198.